The summed E-state index contributed by atoms with van der Waals surface area (Å²) in [6.45, 7) is 4.02. The number of nitriles is 1. The normalized spacial score (nSPS) is 23.6. The Morgan fingerprint density at radius 3 is 2.71 bits per heavy atom. The summed E-state index contributed by atoms with van der Waals surface area (Å²) in [5, 5.41) is 13.2. The largest absolute Gasteiger partial charge is 0.417 e. The molecule has 1 aromatic heterocycles. The van der Waals surface area contributed by atoms with E-state index < -0.39 is 32.7 Å². The lowest BCUT2D eigenvalue weighted by Crippen LogP contribution is -2.52. The van der Waals surface area contributed by atoms with Crippen LogP contribution in [-0.4, -0.2) is 62.4 Å². The maximum atomic E-state index is 13.5. The minimum Gasteiger partial charge on any atom is -0.384 e. The molecule has 0 N–H and O–H groups in total. The van der Waals surface area contributed by atoms with Gasteiger partial charge in [-0.25, -0.2) is 8.42 Å². The van der Waals surface area contributed by atoms with Gasteiger partial charge in [0.05, 0.1) is 30.0 Å². The molecule has 3 heterocycles. The van der Waals surface area contributed by atoms with Crippen LogP contribution in [0.2, 0.25) is 0 Å². The molecule has 4 rings (SSSR count). The van der Waals surface area contributed by atoms with Gasteiger partial charge in [-0.1, -0.05) is 0 Å². The van der Waals surface area contributed by atoms with Gasteiger partial charge in [-0.05, 0) is 37.5 Å². The standard InChI is InChI=1S/C22H26F3N5O3S/c1-3-29-12-19(10-27-29)34(31,32)30-7-6-17-11-28(13-21(17,14-30)15-33-2)18-5-4-16(9-26)20(8-18)22(23,24)25/h4-5,8,10,12,17H,3,6-7,11,13-15H2,1-2H3/t17-,21-/m1/s1. The molecule has 8 nitrogen and oxygen atoms in total. The number of halogens is 3. The molecular weight excluding hydrogens is 471 g/mol. The van der Waals surface area contributed by atoms with Gasteiger partial charge in [0.2, 0.25) is 10.0 Å². The Labute approximate surface area is 196 Å². The van der Waals surface area contributed by atoms with Crippen molar-refractivity contribution < 1.29 is 26.3 Å². The van der Waals surface area contributed by atoms with Crippen LogP contribution in [0.3, 0.4) is 0 Å². The number of methoxy groups -OCH3 is 1. The first-order valence-corrected chi connectivity index (χ1v) is 12.4. The fraction of sp³-hybridized carbons (Fsp3) is 0.545. The van der Waals surface area contributed by atoms with Crippen molar-refractivity contribution in [1.29, 1.82) is 5.26 Å². The molecule has 2 aromatic rings. The highest BCUT2D eigenvalue weighted by Crippen LogP contribution is 2.46. The quantitative estimate of drug-likeness (QED) is 0.610. The van der Waals surface area contributed by atoms with E-state index in [2.05, 4.69) is 5.10 Å². The third-order valence-electron chi connectivity index (χ3n) is 6.83. The summed E-state index contributed by atoms with van der Waals surface area (Å²) >= 11 is 0. The van der Waals surface area contributed by atoms with E-state index >= 15 is 0 Å². The molecule has 2 fully saturated rings. The highest BCUT2D eigenvalue weighted by Gasteiger charge is 2.52. The number of hydrogen-bond donors (Lipinski definition) is 0. The summed E-state index contributed by atoms with van der Waals surface area (Å²) in [6.07, 6.45) is -1.25. The van der Waals surface area contributed by atoms with E-state index in [1.165, 1.54) is 35.9 Å². The molecule has 1 aromatic carbocycles. The molecular formula is C22H26F3N5O3S. The zero-order valence-corrected chi connectivity index (χ0v) is 19.7. The molecule has 2 saturated heterocycles. The second kappa shape index (κ2) is 8.87. The summed E-state index contributed by atoms with van der Waals surface area (Å²) in [7, 11) is -2.23. The molecule has 0 bridgehead atoms. The third-order valence-corrected chi connectivity index (χ3v) is 8.63. The topological polar surface area (TPSA) is 91.5 Å². The lowest BCUT2D eigenvalue weighted by atomic mass is 9.74. The number of hydrogen-bond acceptors (Lipinski definition) is 6. The van der Waals surface area contributed by atoms with E-state index in [9.17, 15) is 21.6 Å². The predicted molar refractivity (Wildman–Crippen MR) is 117 cm³/mol. The van der Waals surface area contributed by atoms with E-state index in [4.69, 9.17) is 10.00 Å². The Morgan fingerprint density at radius 2 is 2.09 bits per heavy atom. The number of sulfonamides is 1. The van der Waals surface area contributed by atoms with Crippen LogP contribution in [0.1, 0.15) is 24.5 Å². The van der Waals surface area contributed by atoms with Crippen LogP contribution in [0.25, 0.3) is 0 Å². The minimum atomic E-state index is -4.65. The Morgan fingerprint density at radius 1 is 1.32 bits per heavy atom. The molecule has 0 aliphatic carbocycles. The van der Waals surface area contributed by atoms with E-state index in [0.717, 1.165) is 6.07 Å². The summed E-state index contributed by atoms with van der Waals surface area (Å²) in [5.74, 6) is 0.0437. The van der Waals surface area contributed by atoms with Crippen LogP contribution in [0, 0.1) is 22.7 Å². The fourth-order valence-corrected chi connectivity index (χ4v) is 6.61. The average molecular weight is 498 g/mol. The SMILES string of the molecule is CCn1cc(S(=O)(=O)N2CC[C@@H]3CN(c4ccc(C#N)c(C(F)(F)F)c4)C[C@]3(COC)C2)cn1. The number of piperidine rings is 1. The number of alkyl halides is 3. The number of fused-ring (bicyclic) bond motifs is 1. The van der Waals surface area contributed by atoms with Crippen LogP contribution in [0.5, 0.6) is 0 Å². The Balaban J connectivity index is 1.63. The van der Waals surface area contributed by atoms with Crippen molar-refractivity contribution in [2.75, 3.05) is 44.8 Å². The van der Waals surface area contributed by atoms with Gasteiger partial charge in [0.25, 0.3) is 0 Å². The first-order valence-electron chi connectivity index (χ1n) is 10.9. The highest BCUT2D eigenvalue weighted by atomic mass is 32.2. The number of benzene rings is 1. The maximum Gasteiger partial charge on any atom is 0.417 e. The molecule has 12 heteroatoms. The van der Waals surface area contributed by atoms with E-state index in [-0.39, 0.29) is 24.0 Å². The Kier molecular flexibility index (Phi) is 6.39. The smallest absolute Gasteiger partial charge is 0.384 e. The Hall–Kier alpha value is -2.62. The second-order valence-electron chi connectivity index (χ2n) is 8.87. The van der Waals surface area contributed by atoms with Crippen molar-refractivity contribution in [3.05, 3.63) is 41.7 Å². The van der Waals surface area contributed by atoms with Gasteiger partial charge in [-0.15, -0.1) is 0 Å². The summed E-state index contributed by atoms with van der Waals surface area (Å²) < 4.78 is 75.5. The molecule has 0 radical (unpaired) electrons. The zero-order chi connectivity index (χ0) is 24.7. The molecule has 184 valence electrons. The first kappa shape index (κ1) is 24.5. The lowest BCUT2D eigenvalue weighted by Gasteiger charge is -2.42. The number of ether oxygens (including phenoxy) is 1. The molecule has 34 heavy (non-hydrogen) atoms. The average Bonchev–Trinajstić information content (AvgIpc) is 3.43. The van der Waals surface area contributed by atoms with Gasteiger partial charge >= 0.3 is 6.18 Å². The van der Waals surface area contributed by atoms with Gasteiger partial charge in [-0.3, -0.25) is 4.68 Å². The van der Waals surface area contributed by atoms with Crippen LogP contribution in [0.15, 0.2) is 35.5 Å². The monoisotopic (exact) mass is 497 g/mol. The lowest BCUT2D eigenvalue weighted by molar-refractivity contribution is -0.137. The van der Waals surface area contributed by atoms with Crippen LogP contribution in [-0.2, 0) is 27.5 Å². The van der Waals surface area contributed by atoms with Crippen molar-refractivity contribution in [3.8, 4) is 6.07 Å². The molecule has 0 amide bonds. The second-order valence-corrected chi connectivity index (χ2v) is 10.8. The maximum absolute atomic E-state index is 13.5. The summed E-state index contributed by atoms with van der Waals surface area (Å²) in [4.78, 5) is 1.96. The van der Waals surface area contributed by atoms with Crippen molar-refractivity contribution in [1.82, 2.24) is 14.1 Å². The number of nitrogens with zero attached hydrogens (tertiary/aromatic N) is 5. The van der Waals surface area contributed by atoms with Crippen molar-refractivity contribution in [2.24, 2.45) is 11.3 Å². The van der Waals surface area contributed by atoms with Crippen molar-refractivity contribution in [3.63, 3.8) is 0 Å². The van der Waals surface area contributed by atoms with Gasteiger partial charge in [0.1, 0.15) is 4.90 Å². The van der Waals surface area contributed by atoms with E-state index in [0.29, 0.717) is 38.3 Å². The predicted octanol–water partition coefficient (Wildman–Crippen LogP) is 2.96. The number of aryl methyl sites for hydroxylation is 1. The minimum absolute atomic E-state index is 0.0437. The molecule has 2 aliphatic heterocycles. The van der Waals surface area contributed by atoms with E-state index in [1.807, 2.05) is 11.8 Å². The number of anilines is 1. The van der Waals surface area contributed by atoms with Gasteiger partial charge in [0.15, 0.2) is 0 Å². The highest BCUT2D eigenvalue weighted by molar-refractivity contribution is 7.89. The van der Waals surface area contributed by atoms with Crippen LogP contribution < -0.4 is 4.90 Å². The molecule has 2 aliphatic rings. The van der Waals surface area contributed by atoms with Gasteiger partial charge in [0, 0.05) is 57.1 Å². The van der Waals surface area contributed by atoms with Gasteiger partial charge in [-0.2, -0.15) is 27.8 Å². The van der Waals surface area contributed by atoms with Crippen LogP contribution >= 0.6 is 0 Å². The molecule has 2 atom stereocenters. The van der Waals surface area contributed by atoms with Crippen LogP contribution in [0.4, 0.5) is 18.9 Å². The third kappa shape index (κ3) is 4.28. The summed E-state index contributed by atoms with van der Waals surface area (Å²) in [5.41, 5.74) is -1.62. The molecule has 0 saturated carbocycles. The fourth-order valence-electron chi connectivity index (χ4n) is 5.10. The Bertz CT molecular complexity index is 1210. The van der Waals surface area contributed by atoms with E-state index in [1.54, 1.807) is 10.8 Å². The molecule has 0 spiro atoms. The summed E-state index contributed by atoms with van der Waals surface area (Å²) in [6, 6.07) is 5.31. The van der Waals surface area contributed by atoms with Crippen molar-refractivity contribution in [2.45, 2.75) is 31.0 Å². The van der Waals surface area contributed by atoms with Gasteiger partial charge < -0.3 is 9.64 Å². The zero-order valence-electron chi connectivity index (χ0n) is 18.9. The first-order chi connectivity index (χ1) is 16.0. The molecule has 0 unspecified atom stereocenters. The number of rotatable bonds is 6. The number of aromatic nitrogens is 2. The van der Waals surface area contributed by atoms with Crippen molar-refractivity contribution >= 4 is 15.7 Å².